The molecule has 0 bridgehead atoms. The Hall–Kier alpha value is -3.91. The van der Waals surface area contributed by atoms with Gasteiger partial charge < -0.3 is 5.32 Å². The Kier molecular flexibility index (Phi) is 6.06. The fraction of sp³-hybridized carbons (Fsp3) is 0. The van der Waals surface area contributed by atoms with Crippen LogP contribution in [0.15, 0.2) is 72.8 Å². The van der Waals surface area contributed by atoms with Crippen LogP contribution in [0.5, 0.6) is 0 Å². The Balaban J connectivity index is 1.74. The molecule has 0 saturated heterocycles. The topological polar surface area (TPSA) is 113 Å². The van der Waals surface area contributed by atoms with Gasteiger partial charge in [-0.25, -0.2) is 0 Å². The van der Waals surface area contributed by atoms with E-state index in [9.17, 15) is 19.7 Å². The second-order valence-corrected chi connectivity index (χ2v) is 6.28. The van der Waals surface area contributed by atoms with Gasteiger partial charge in [-0.1, -0.05) is 41.9 Å². The number of carbonyl (C=O) groups excluding carboxylic acids is 2. The molecule has 0 aliphatic rings. The molecule has 0 spiro atoms. The number of para-hydroxylation sites is 1. The largest absolute Gasteiger partial charge is 0.350 e. The zero-order chi connectivity index (χ0) is 20.8. The van der Waals surface area contributed by atoms with Crippen molar-refractivity contribution in [2.75, 3.05) is 5.32 Å². The van der Waals surface area contributed by atoms with Gasteiger partial charge in [-0.3, -0.25) is 30.6 Å². The van der Waals surface area contributed by atoms with Crippen LogP contribution in [0.25, 0.3) is 0 Å². The molecule has 0 saturated carbocycles. The molecular formula is C20H15ClN4O4. The number of rotatable bonds is 5. The molecule has 3 rings (SSSR count). The predicted molar refractivity (Wildman–Crippen MR) is 109 cm³/mol. The van der Waals surface area contributed by atoms with Crippen molar-refractivity contribution in [1.82, 2.24) is 10.9 Å². The van der Waals surface area contributed by atoms with Crippen LogP contribution in [0, 0.1) is 10.1 Å². The maximum atomic E-state index is 12.3. The number of nitro groups is 1. The Morgan fingerprint density at radius 1 is 0.862 bits per heavy atom. The van der Waals surface area contributed by atoms with Crippen molar-refractivity contribution in [1.29, 1.82) is 0 Å². The van der Waals surface area contributed by atoms with E-state index in [0.29, 0.717) is 5.69 Å². The Morgan fingerprint density at radius 3 is 2.21 bits per heavy atom. The lowest BCUT2D eigenvalue weighted by Gasteiger charge is -2.10. The number of nitro benzene ring substituents is 1. The van der Waals surface area contributed by atoms with E-state index >= 15 is 0 Å². The third-order valence-corrected chi connectivity index (χ3v) is 4.25. The van der Waals surface area contributed by atoms with Crippen LogP contribution in [0.3, 0.4) is 0 Å². The maximum absolute atomic E-state index is 12.3. The summed E-state index contributed by atoms with van der Waals surface area (Å²) in [6.07, 6.45) is 0. The lowest BCUT2D eigenvalue weighted by atomic mass is 10.1. The molecule has 3 N–H and O–H groups in total. The number of nitrogens with one attached hydrogen (secondary N) is 3. The van der Waals surface area contributed by atoms with Crippen LogP contribution in [-0.4, -0.2) is 16.7 Å². The highest BCUT2D eigenvalue weighted by atomic mass is 35.5. The molecule has 9 heteroatoms. The van der Waals surface area contributed by atoms with Crippen molar-refractivity contribution in [3.05, 3.63) is 99.1 Å². The first kappa shape index (κ1) is 19.8. The molecule has 0 heterocycles. The summed E-state index contributed by atoms with van der Waals surface area (Å²) in [7, 11) is 0. The molecule has 8 nitrogen and oxygen atoms in total. The normalized spacial score (nSPS) is 10.1. The zero-order valence-electron chi connectivity index (χ0n) is 14.9. The minimum Gasteiger partial charge on any atom is -0.350 e. The van der Waals surface area contributed by atoms with Crippen molar-refractivity contribution in [3.63, 3.8) is 0 Å². The van der Waals surface area contributed by atoms with Crippen LogP contribution >= 0.6 is 11.6 Å². The van der Waals surface area contributed by atoms with Crippen LogP contribution < -0.4 is 16.2 Å². The summed E-state index contributed by atoms with van der Waals surface area (Å²) >= 11 is 5.94. The molecule has 146 valence electrons. The minimum atomic E-state index is -0.709. The smallest absolute Gasteiger partial charge is 0.293 e. The molecule has 0 radical (unpaired) electrons. The van der Waals surface area contributed by atoms with Gasteiger partial charge in [-0.15, -0.1) is 0 Å². The van der Waals surface area contributed by atoms with E-state index in [4.69, 9.17) is 11.6 Å². The highest BCUT2D eigenvalue weighted by Gasteiger charge is 2.18. The SMILES string of the molecule is O=C(NNC(=O)c1ccccc1Cl)c1ccc(Nc2ccccc2)c([N+](=O)[O-])c1. The van der Waals surface area contributed by atoms with E-state index in [-0.39, 0.29) is 27.5 Å². The number of hydrogen-bond acceptors (Lipinski definition) is 5. The van der Waals surface area contributed by atoms with Crippen LogP contribution in [0.1, 0.15) is 20.7 Å². The van der Waals surface area contributed by atoms with E-state index < -0.39 is 16.7 Å². The first-order valence-electron chi connectivity index (χ1n) is 8.41. The van der Waals surface area contributed by atoms with Crippen molar-refractivity contribution in [2.24, 2.45) is 0 Å². The van der Waals surface area contributed by atoms with Crippen molar-refractivity contribution in [3.8, 4) is 0 Å². The van der Waals surface area contributed by atoms with E-state index in [1.165, 1.54) is 18.2 Å². The molecule has 0 atom stereocenters. The molecule has 0 aliphatic heterocycles. The second-order valence-electron chi connectivity index (χ2n) is 5.87. The van der Waals surface area contributed by atoms with Crippen LogP contribution in [0.2, 0.25) is 5.02 Å². The first-order valence-corrected chi connectivity index (χ1v) is 8.79. The van der Waals surface area contributed by atoms with Crippen molar-refractivity contribution in [2.45, 2.75) is 0 Å². The molecule has 0 aromatic heterocycles. The third kappa shape index (κ3) is 4.88. The van der Waals surface area contributed by atoms with Crippen LogP contribution in [-0.2, 0) is 0 Å². The van der Waals surface area contributed by atoms with Gasteiger partial charge >= 0.3 is 0 Å². The maximum Gasteiger partial charge on any atom is 0.293 e. The number of benzene rings is 3. The Labute approximate surface area is 170 Å². The van der Waals surface area contributed by atoms with E-state index in [1.54, 1.807) is 42.5 Å². The summed E-state index contributed by atoms with van der Waals surface area (Å²) in [5.74, 6) is -1.32. The summed E-state index contributed by atoms with van der Waals surface area (Å²) < 4.78 is 0. The molecule has 3 aromatic rings. The quantitative estimate of drug-likeness (QED) is 0.433. The number of hydrazine groups is 1. The average molecular weight is 411 g/mol. The first-order chi connectivity index (χ1) is 14.0. The van der Waals surface area contributed by atoms with Gasteiger partial charge in [0.2, 0.25) is 0 Å². The summed E-state index contributed by atoms with van der Waals surface area (Å²) in [6.45, 7) is 0. The monoisotopic (exact) mass is 410 g/mol. The summed E-state index contributed by atoms with van der Waals surface area (Å²) in [5, 5.41) is 14.6. The van der Waals surface area contributed by atoms with Crippen molar-refractivity contribution >= 4 is 40.5 Å². The molecule has 29 heavy (non-hydrogen) atoms. The number of nitrogens with zero attached hydrogens (tertiary/aromatic N) is 1. The molecular weight excluding hydrogens is 396 g/mol. The summed E-state index contributed by atoms with van der Waals surface area (Å²) in [4.78, 5) is 35.2. The van der Waals surface area contributed by atoms with Crippen LogP contribution in [0.4, 0.5) is 17.1 Å². The number of amides is 2. The number of carbonyl (C=O) groups is 2. The van der Waals surface area contributed by atoms with E-state index in [0.717, 1.165) is 6.07 Å². The molecule has 2 amide bonds. The summed E-state index contributed by atoms with van der Waals surface area (Å²) in [6, 6.07) is 19.2. The average Bonchev–Trinajstić information content (AvgIpc) is 2.73. The van der Waals surface area contributed by atoms with E-state index in [1.807, 2.05) is 6.07 Å². The lowest BCUT2D eigenvalue weighted by molar-refractivity contribution is -0.383. The van der Waals surface area contributed by atoms with Gasteiger partial charge in [-0.2, -0.15) is 0 Å². The molecule has 3 aromatic carbocycles. The Morgan fingerprint density at radius 2 is 1.52 bits per heavy atom. The number of halogens is 1. The summed E-state index contributed by atoms with van der Waals surface area (Å²) in [5.41, 5.74) is 5.27. The van der Waals surface area contributed by atoms with Gasteiger partial charge in [0.15, 0.2) is 0 Å². The van der Waals surface area contributed by atoms with Gasteiger partial charge in [0, 0.05) is 17.3 Å². The van der Waals surface area contributed by atoms with Gasteiger partial charge in [-0.05, 0) is 36.4 Å². The highest BCUT2D eigenvalue weighted by molar-refractivity contribution is 6.33. The highest BCUT2D eigenvalue weighted by Crippen LogP contribution is 2.28. The fourth-order valence-corrected chi connectivity index (χ4v) is 2.73. The zero-order valence-corrected chi connectivity index (χ0v) is 15.6. The molecule has 0 fully saturated rings. The fourth-order valence-electron chi connectivity index (χ4n) is 2.51. The minimum absolute atomic E-state index is 0.00905. The van der Waals surface area contributed by atoms with Gasteiger partial charge in [0.25, 0.3) is 17.5 Å². The third-order valence-electron chi connectivity index (χ3n) is 3.92. The van der Waals surface area contributed by atoms with Gasteiger partial charge in [0.1, 0.15) is 5.69 Å². The second kappa shape index (κ2) is 8.85. The molecule has 0 unspecified atom stereocenters. The molecule has 0 aliphatic carbocycles. The number of anilines is 2. The number of hydrogen-bond donors (Lipinski definition) is 3. The Bertz CT molecular complexity index is 1070. The predicted octanol–water partition coefficient (Wildman–Crippen LogP) is 4.07. The standard InChI is InChI=1S/C20H15ClN4O4/c21-16-9-5-4-8-15(16)20(27)24-23-19(26)13-10-11-17(18(12-13)25(28)29)22-14-6-2-1-3-7-14/h1-12,22H,(H,23,26)(H,24,27). The lowest BCUT2D eigenvalue weighted by Crippen LogP contribution is -2.41. The van der Waals surface area contributed by atoms with E-state index in [2.05, 4.69) is 16.2 Å². The van der Waals surface area contributed by atoms with Crippen molar-refractivity contribution < 1.29 is 14.5 Å². The van der Waals surface area contributed by atoms with Gasteiger partial charge in [0.05, 0.1) is 15.5 Å².